The van der Waals surface area contributed by atoms with Gasteiger partial charge in [-0.25, -0.2) is 4.39 Å². The molecule has 0 aliphatic carbocycles. The first-order valence-corrected chi connectivity index (χ1v) is 8.14. The van der Waals surface area contributed by atoms with Gasteiger partial charge in [0.1, 0.15) is 5.75 Å². The van der Waals surface area contributed by atoms with Crippen LogP contribution >= 0.6 is 11.6 Å². The van der Waals surface area contributed by atoms with Gasteiger partial charge in [0.05, 0.1) is 11.2 Å². The van der Waals surface area contributed by atoms with Crippen molar-refractivity contribution in [2.24, 2.45) is 0 Å². The number of hydrogen-bond donors (Lipinski definition) is 0. The van der Waals surface area contributed by atoms with Gasteiger partial charge in [-0.1, -0.05) is 23.7 Å². The van der Waals surface area contributed by atoms with Crippen LogP contribution < -0.4 is 4.74 Å². The van der Waals surface area contributed by atoms with Gasteiger partial charge in [0, 0.05) is 10.6 Å². The maximum atomic E-state index is 13.8. The molecular weight excluding hydrogens is 331 g/mol. The molecule has 128 valence electrons. The normalized spacial score (nSPS) is 19.4. The zero-order chi connectivity index (χ0) is 17.5. The molecule has 1 aliphatic rings. The van der Waals surface area contributed by atoms with Crippen molar-refractivity contribution in [3.05, 3.63) is 58.9 Å². The van der Waals surface area contributed by atoms with Gasteiger partial charge in [-0.15, -0.1) is 0 Å². The summed E-state index contributed by atoms with van der Waals surface area (Å²) in [5.74, 6) is 0.150. The lowest BCUT2D eigenvalue weighted by Gasteiger charge is -2.30. The van der Waals surface area contributed by atoms with E-state index in [-0.39, 0.29) is 17.0 Å². The van der Waals surface area contributed by atoms with Crippen LogP contribution in [0.2, 0.25) is 5.02 Å². The van der Waals surface area contributed by atoms with Gasteiger partial charge in [0.25, 0.3) is 0 Å². The molecule has 2 aromatic carbocycles. The molecule has 3 rings (SSSR count). The van der Waals surface area contributed by atoms with Crippen molar-refractivity contribution in [1.82, 2.24) is 0 Å². The van der Waals surface area contributed by atoms with E-state index in [1.54, 1.807) is 18.2 Å². The molecular formula is C19H20ClFO3. The van der Waals surface area contributed by atoms with Gasteiger partial charge in [-0.2, -0.15) is 0 Å². The molecule has 0 saturated carbocycles. The maximum Gasteiger partial charge on any atom is 0.185 e. The van der Waals surface area contributed by atoms with E-state index in [4.69, 9.17) is 25.8 Å². The average molecular weight is 351 g/mol. The van der Waals surface area contributed by atoms with Crippen molar-refractivity contribution in [3.63, 3.8) is 0 Å². The predicted octanol–water partition coefficient (Wildman–Crippen LogP) is 5.87. The minimum Gasteiger partial charge on any atom is -0.454 e. The topological polar surface area (TPSA) is 27.7 Å². The molecule has 0 radical (unpaired) electrons. The second-order valence-corrected chi connectivity index (χ2v) is 7.27. The number of halogens is 2. The van der Waals surface area contributed by atoms with Crippen molar-refractivity contribution < 1.29 is 18.6 Å². The van der Waals surface area contributed by atoms with Crippen LogP contribution in [0.5, 0.6) is 11.5 Å². The Balaban J connectivity index is 1.75. The van der Waals surface area contributed by atoms with Crippen molar-refractivity contribution >= 4 is 11.6 Å². The summed E-state index contributed by atoms with van der Waals surface area (Å²) in [5.41, 5.74) is 0.107. The van der Waals surface area contributed by atoms with Gasteiger partial charge in [-0.05, 0) is 58.0 Å². The lowest BCUT2D eigenvalue weighted by Crippen LogP contribution is -2.41. The third-order valence-electron chi connectivity index (χ3n) is 4.53. The molecule has 0 atom stereocenters. The second-order valence-electron chi connectivity index (χ2n) is 6.83. The van der Waals surface area contributed by atoms with E-state index >= 15 is 0 Å². The van der Waals surface area contributed by atoms with Crippen molar-refractivity contribution in [1.29, 1.82) is 0 Å². The van der Waals surface area contributed by atoms with Crippen LogP contribution in [0.3, 0.4) is 0 Å². The summed E-state index contributed by atoms with van der Waals surface area (Å²) < 4.78 is 31.3. The van der Waals surface area contributed by atoms with Crippen LogP contribution in [0.4, 0.5) is 4.39 Å². The van der Waals surface area contributed by atoms with Crippen LogP contribution in [-0.2, 0) is 9.47 Å². The summed E-state index contributed by atoms with van der Waals surface area (Å²) in [6.45, 7) is 8.03. The van der Waals surface area contributed by atoms with E-state index in [0.29, 0.717) is 10.8 Å². The summed E-state index contributed by atoms with van der Waals surface area (Å²) in [7, 11) is 0. The van der Waals surface area contributed by atoms with Crippen LogP contribution in [0.15, 0.2) is 42.5 Å². The van der Waals surface area contributed by atoms with E-state index in [0.717, 1.165) is 5.56 Å². The molecule has 1 saturated heterocycles. The summed E-state index contributed by atoms with van der Waals surface area (Å²) in [6, 6.07) is 11.5. The number of rotatable bonds is 3. The zero-order valence-electron chi connectivity index (χ0n) is 14.1. The van der Waals surface area contributed by atoms with Gasteiger partial charge < -0.3 is 14.2 Å². The Labute approximate surface area is 146 Å². The zero-order valence-corrected chi connectivity index (χ0v) is 14.9. The molecule has 0 spiro atoms. The third kappa shape index (κ3) is 3.27. The van der Waals surface area contributed by atoms with Gasteiger partial charge >= 0.3 is 0 Å². The van der Waals surface area contributed by atoms with Gasteiger partial charge in [0.2, 0.25) is 0 Å². The molecule has 1 aliphatic heterocycles. The first-order chi connectivity index (χ1) is 11.2. The SMILES string of the molecule is CC1(C)OC(c2ccc(Oc3ccc(Cl)cc3F)cc2)OC1(C)C. The molecule has 1 fully saturated rings. The van der Waals surface area contributed by atoms with E-state index in [1.807, 2.05) is 39.8 Å². The summed E-state index contributed by atoms with van der Waals surface area (Å²) >= 11 is 5.74. The molecule has 24 heavy (non-hydrogen) atoms. The Morgan fingerprint density at radius 3 is 2.08 bits per heavy atom. The number of hydrogen-bond acceptors (Lipinski definition) is 3. The Kier molecular flexibility index (Phi) is 4.32. The maximum absolute atomic E-state index is 13.8. The largest absolute Gasteiger partial charge is 0.454 e. The molecule has 0 amide bonds. The molecule has 1 heterocycles. The highest BCUT2D eigenvalue weighted by Gasteiger charge is 2.49. The van der Waals surface area contributed by atoms with Crippen molar-refractivity contribution in [3.8, 4) is 11.5 Å². The quantitative estimate of drug-likeness (QED) is 0.692. The Morgan fingerprint density at radius 2 is 1.54 bits per heavy atom. The Morgan fingerprint density at radius 1 is 0.958 bits per heavy atom. The van der Waals surface area contributed by atoms with Crippen molar-refractivity contribution in [2.75, 3.05) is 0 Å². The first-order valence-electron chi connectivity index (χ1n) is 7.76. The molecule has 0 unspecified atom stereocenters. The van der Waals surface area contributed by atoms with Crippen LogP contribution in [0.1, 0.15) is 39.5 Å². The lowest BCUT2D eigenvalue weighted by molar-refractivity contribution is -0.0895. The first kappa shape index (κ1) is 17.2. The number of benzene rings is 2. The van der Waals surface area contributed by atoms with E-state index in [1.165, 1.54) is 12.1 Å². The van der Waals surface area contributed by atoms with Gasteiger partial charge in [0.15, 0.2) is 17.9 Å². The van der Waals surface area contributed by atoms with Crippen LogP contribution in [0.25, 0.3) is 0 Å². The van der Waals surface area contributed by atoms with E-state index in [2.05, 4.69) is 0 Å². The standard InChI is InChI=1S/C19H20ClFO3/c1-18(2)19(3,4)24-17(23-18)12-5-8-14(9-6-12)22-16-10-7-13(20)11-15(16)21/h5-11,17H,1-4H3. The number of ether oxygens (including phenoxy) is 3. The minimum absolute atomic E-state index is 0.128. The molecule has 0 aromatic heterocycles. The highest BCUT2D eigenvalue weighted by molar-refractivity contribution is 6.30. The average Bonchev–Trinajstić information content (AvgIpc) is 2.71. The predicted molar refractivity (Wildman–Crippen MR) is 91.0 cm³/mol. The van der Waals surface area contributed by atoms with E-state index < -0.39 is 12.1 Å². The fourth-order valence-electron chi connectivity index (χ4n) is 2.36. The smallest absolute Gasteiger partial charge is 0.185 e. The fraction of sp³-hybridized carbons (Fsp3) is 0.368. The molecule has 5 heteroatoms. The fourth-order valence-corrected chi connectivity index (χ4v) is 2.52. The third-order valence-corrected chi connectivity index (χ3v) is 4.76. The Bertz CT molecular complexity index is 725. The second kappa shape index (κ2) is 6.03. The lowest BCUT2D eigenvalue weighted by atomic mass is 9.90. The van der Waals surface area contributed by atoms with Crippen LogP contribution in [0, 0.1) is 5.82 Å². The molecule has 0 N–H and O–H groups in total. The highest BCUT2D eigenvalue weighted by Crippen LogP contribution is 2.44. The van der Waals surface area contributed by atoms with Crippen molar-refractivity contribution in [2.45, 2.75) is 45.2 Å². The molecule has 0 bridgehead atoms. The van der Waals surface area contributed by atoms with E-state index in [9.17, 15) is 4.39 Å². The summed E-state index contributed by atoms with van der Waals surface area (Å²) in [5, 5.41) is 0.330. The molecule has 2 aromatic rings. The monoisotopic (exact) mass is 350 g/mol. The highest BCUT2D eigenvalue weighted by atomic mass is 35.5. The minimum atomic E-state index is -0.502. The summed E-state index contributed by atoms with van der Waals surface area (Å²) in [6.07, 6.45) is -0.434. The van der Waals surface area contributed by atoms with Crippen LogP contribution in [-0.4, -0.2) is 11.2 Å². The summed E-state index contributed by atoms with van der Waals surface area (Å²) in [4.78, 5) is 0. The molecule has 3 nitrogen and oxygen atoms in total. The van der Waals surface area contributed by atoms with Gasteiger partial charge in [-0.3, -0.25) is 0 Å². The Hall–Kier alpha value is -1.62.